The van der Waals surface area contributed by atoms with Gasteiger partial charge in [0.2, 0.25) is 5.91 Å². The summed E-state index contributed by atoms with van der Waals surface area (Å²) in [6.45, 7) is 4.66. The number of nitrogens with one attached hydrogen (secondary N) is 2. The number of ketones is 1. The summed E-state index contributed by atoms with van der Waals surface area (Å²) in [6, 6.07) is 6.53. The molecule has 0 saturated heterocycles. The fourth-order valence-electron chi connectivity index (χ4n) is 9.13. The van der Waals surface area contributed by atoms with E-state index in [1.807, 2.05) is 30.3 Å². The van der Waals surface area contributed by atoms with Crippen molar-refractivity contribution >= 4 is 34.5 Å². The number of rotatable bonds is 8. The van der Waals surface area contributed by atoms with Crippen LogP contribution < -0.4 is 5.32 Å². The predicted octanol–water partition coefficient (Wildman–Crippen LogP) is 5.50. The van der Waals surface area contributed by atoms with E-state index >= 15 is 0 Å². The summed E-state index contributed by atoms with van der Waals surface area (Å²) in [5.41, 5.74) is 3.12. The second-order valence-electron chi connectivity index (χ2n) is 13.6. The lowest BCUT2D eigenvalue weighted by Gasteiger charge is -2.57. The largest absolute Gasteiger partial charge is 0.480 e. The molecule has 4 aliphatic carbocycles. The van der Waals surface area contributed by atoms with Gasteiger partial charge in [-0.25, -0.2) is 4.79 Å². The van der Waals surface area contributed by atoms with Crippen molar-refractivity contribution in [3.05, 3.63) is 47.7 Å². The van der Waals surface area contributed by atoms with Gasteiger partial charge in [-0.3, -0.25) is 14.4 Å². The molecule has 0 radical (unpaired) electrons. The standard InChI is InChI=1S/C34H42N2O6/c1-33-15-13-22(37)18-21(33)7-8-24-25-9-10-29(34(25,2)16-14-26(24)33)42-31(39)12-11-30(38)36-28(32(40)41)17-20-19-35-27-6-4-3-5-23(20)27/h3-6,18-19,24-26,28-29,35H,7-17H2,1-2H3,(H,36,38)(H,40,41)/t24-,25+,26-,28-,29-,33+,34+/m1/s1. The van der Waals surface area contributed by atoms with Crippen molar-refractivity contribution in [2.24, 2.45) is 28.6 Å². The molecule has 224 valence electrons. The number of H-pyrrole nitrogens is 1. The van der Waals surface area contributed by atoms with Crippen LogP contribution in [0.15, 0.2) is 42.1 Å². The summed E-state index contributed by atoms with van der Waals surface area (Å²) in [4.78, 5) is 52.8. The zero-order valence-electron chi connectivity index (χ0n) is 24.6. The van der Waals surface area contributed by atoms with E-state index in [0.717, 1.165) is 61.4 Å². The van der Waals surface area contributed by atoms with Crippen molar-refractivity contribution in [1.82, 2.24) is 10.3 Å². The monoisotopic (exact) mass is 574 g/mol. The zero-order valence-corrected chi connectivity index (χ0v) is 24.6. The van der Waals surface area contributed by atoms with Crippen LogP contribution in [-0.2, 0) is 30.3 Å². The lowest BCUT2D eigenvalue weighted by Crippen LogP contribution is -2.51. The molecule has 8 heteroatoms. The van der Waals surface area contributed by atoms with E-state index in [2.05, 4.69) is 24.1 Å². The normalized spacial score (nSPS) is 32.7. The number of fused-ring (bicyclic) bond motifs is 6. The van der Waals surface area contributed by atoms with E-state index in [-0.39, 0.29) is 42.0 Å². The highest BCUT2D eigenvalue weighted by Gasteiger charge is 2.60. The van der Waals surface area contributed by atoms with Crippen LogP contribution in [-0.4, -0.2) is 45.9 Å². The molecular formula is C34H42N2O6. The number of hydrogen-bond acceptors (Lipinski definition) is 5. The fourth-order valence-corrected chi connectivity index (χ4v) is 9.13. The lowest BCUT2D eigenvalue weighted by molar-refractivity contribution is -0.160. The number of benzene rings is 1. The number of aromatic nitrogens is 1. The molecule has 4 aliphatic rings. The molecule has 8 nitrogen and oxygen atoms in total. The van der Waals surface area contributed by atoms with E-state index in [4.69, 9.17) is 4.74 Å². The van der Waals surface area contributed by atoms with Crippen LogP contribution in [0, 0.1) is 28.6 Å². The average molecular weight is 575 g/mol. The third kappa shape index (κ3) is 5.07. The van der Waals surface area contributed by atoms with Crippen molar-refractivity contribution in [2.75, 3.05) is 0 Å². The minimum Gasteiger partial charge on any atom is -0.480 e. The van der Waals surface area contributed by atoms with Crippen molar-refractivity contribution in [1.29, 1.82) is 0 Å². The van der Waals surface area contributed by atoms with Crippen LogP contribution in [0.1, 0.15) is 83.6 Å². The van der Waals surface area contributed by atoms with Crippen molar-refractivity contribution in [3.63, 3.8) is 0 Å². The number of allylic oxidation sites excluding steroid dienone is 1. The van der Waals surface area contributed by atoms with Crippen molar-refractivity contribution < 1.29 is 29.0 Å². The Labute approximate surface area is 246 Å². The van der Waals surface area contributed by atoms with Crippen molar-refractivity contribution in [3.8, 4) is 0 Å². The van der Waals surface area contributed by atoms with Gasteiger partial charge in [-0.05, 0) is 85.8 Å². The Bertz CT molecular complexity index is 1440. The molecule has 0 unspecified atom stereocenters. The highest BCUT2D eigenvalue weighted by atomic mass is 16.5. The molecular weight excluding hydrogens is 532 g/mol. The van der Waals surface area contributed by atoms with Gasteiger partial charge in [-0.2, -0.15) is 0 Å². The first-order chi connectivity index (χ1) is 20.1. The molecule has 1 heterocycles. The Morgan fingerprint density at radius 3 is 2.67 bits per heavy atom. The number of para-hydroxylation sites is 1. The maximum atomic E-state index is 12.9. The Hall–Kier alpha value is -3.42. The minimum atomic E-state index is -1.12. The van der Waals surface area contributed by atoms with E-state index in [9.17, 15) is 24.3 Å². The number of carbonyl (C=O) groups excluding carboxylic acids is 3. The van der Waals surface area contributed by atoms with Gasteiger partial charge in [0, 0.05) is 41.8 Å². The van der Waals surface area contributed by atoms with Crippen LogP contribution in [0.25, 0.3) is 10.9 Å². The van der Waals surface area contributed by atoms with Gasteiger partial charge < -0.3 is 20.1 Å². The number of amides is 1. The Balaban J connectivity index is 1.03. The molecule has 3 fully saturated rings. The van der Waals surface area contributed by atoms with Crippen LogP contribution in [0.3, 0.4) is 0 Å². The molecule has 2 aromatic rings. The SMILES string of the molecule is C[C@]12CC[C@@H]3[C@H](CCC4=CC(=O)CC[C@@]43C)[C@@H]1CC[C@H]2OC(=O)CCC(=O)N[C@H](Cc1c[nH]c2ccccc12)C(=O)O. The Kier molecular flexibility index (Phi) is 7.52. The average Bonchev–Trinajstić information content (AvgIpc) is 3.52. The number of aliphatic carboxylic acids is 1. The predicted molar refractivity (Wildman–Crippen MR) is 157 cm³/mol. The molecule has 0 bridgehead atoms. The summed E-state index contributed by atoms with van der Waals surface area (Å²) < 4.78 is 6.05. The van der Waals surface area contributed by atoms with E-state index in [1.165, 1.54) is 5.57 Å². The second kappa shape index (κ2) is 11.0. The second-order valence-corrected chi connectivity index (χ2v) is 13.6. The first kappa shape index (κ1) is 28.7. The highest BCUT2D eigenvalue weighted by molar-refractivity contribution is 5.91. The van der Waals surface area contributed by atoms with E-state index in [0.29, 0.717) is 24.2 Å². The molecule has 3 saturated carbocycles. The molecule has 1 aromatic heterocycles. The van der Waals surface area contributed by atoms with Gasteiger partial charge in [-0.1, -0.05) is 37.6 Å². The van der Waals surface area contributed by atoms with Crippen LogP contribution in [0.5, 0.6) is 0 Å². The zero-order chi connectivity index (χ0) is 29.6. The molecule has 7 atom stereocenters. The molecule has 6 rings (SSSR count). The van der Waals surface area contributed by atoms with Gasteiger partial charge in [0.05, 0.1) is 6.42 Å². The topological polar surface area (TPSA) is 126 Å². The van der Waals surface area contributed by atoms with Crippen molar-refractivity contribution in [2.45, 2.75) is 96.6 Å². The van der Waals surface area contributed by atoms with Crippen LogP contribution in [0.4, 0.5) is 0 Å². The summed E-state index contributed by atoms with van der Waals surface area (Å²) in [5, 5.41) is 13.3. The number of esters is 1. The maximum Gasteiger partial charge on any atom is 0.326 e. The maximum absolute atomic E-state index is 12.9. The molecule has 0 spiro atoms. The third-order valence-corrected chi connectivity index (χ3v) is 11.4. The lowest BCUT2D eigenvalue weighted by atomic mass is 9.47. The van der Waals surface area contributed by atoms with Crippen LogP contribution in [0.2, 0.25) is 0 Å². The summed E-state index contributed by atoms with van der Waals surface area (Å²) in [6.07, 6.45) is 11.2. The van der Waals surface area contributed by atoms with Crippen LogP contribution >= 0.6 is 0 Å². The number of hydrogen-bond donors (Lipinski definition) is 3. The summed E-state index contributed by atoms with van der Waals surface area (Å²) >= 11 is 0. The number of carboxylic acids is 1. The quantitative estimate of drug-likeness (QED) is 0.357. The first-order valence-electron chi connectivity index (χ1n) is 15.6. The molecule has 1 amide bonds. The fraction of sp³-hybridized carbons (Fsp3) is 0.588. The van der Waals surface area contributed by atoms with Gasteiger partial charge in [0.25, 0.3) is 0 Å². The smallest absolute Gasteiger partial charge is 0.326 e. The minimum absolute atomic E-state index is 0.0745. The summed E-state index contributed by atoms with van der Waals surface area (Å²) in [5.74, 6) is -0.0533. The molecule has 42 heavy (non-hydrogen) atoms. The molecule has 0 aliphatic heterocycles. The number of ether oxygens (including phenoxy) is 1. The van der Waals surface area contributed by atoms with Gasteiger partial charge >= 0.3 is 11.9 Å². The van der Waals surface area contributed by atoms with Gasteiger partial charge in [0.15, 0.2) is 5.78 Å². The van der Waals surface area contributed by atoms with Gasteiger partial charge in [0.1, 0.15) is 12.1 Å². The first-order valence-corrected chi connectivity index (χ1v) is 15.6. The number of carbonyl (C=O) groups is 4. The molecule has 3 N–H and O–H groups in total. The summed E-state index contributed by atoms with van der Waals surface area (Å²) in [7, 11) is 0. The number of carboxylic acid groups (broad SMARTS) is 1. The Morgan fingerprint density at radius 1 is 1.05 bits per heavy atom. The van der Waals surface area contributed by atoms with E-state index < -0.39 is 23.9 Å². The third-order valence-electron chi connectivity index (χ3n) is 11.4. The van der Waals surface area contributed by atoms with E-state index in [1.54, 1.807) is 6.20 Å². The number of aromatic amines is 1. The van der Waals surface area contributed by atoms with Gasteiger partial charge in [-0.15, -0.1) is 0 Å². The Morgan fingerprint density at radius 2 is 1.86 bits per heavy atom. The molecule has 1 aromatic carbocycles. The highest BCUT2D eigenvalue weighted by Crippen LogP contribution is 2.65.